The van der Waals surface area contributed by atoms with Crippen LogP contribution in [0, 0.1) is 6.92 Å². The van der Waals surface area contributed by atoms with Crippen molar-refractivity contribution in [1.82, 2.24) is 20.2 Å². The Kier molecular flexibility index (Phi) is 6.22. The van der Waals surface area contributed by atoms with Gasteiger partial charge < -0.3 is 14.5 Å². The number of nitrogens with zero attached hydrogens (tertiary/aromatic N) is 5. The first-order valence-electron chi connectivity index (χ1n) is 9.83. The van der Waals surface area contributed by atoms with Gasteiger partial charge in [0.05, 0.1) is 5.39 Å². The van der Waals surface area contributed by atoms with Crippen molar-refractivity contribution in [1.29, 1.82) is 0 Å². The van der Waals surface area contributed by atoms with E-state index in [0.717, 1.165) is 48.6 Å². The van der Waals surface area contributed by atoms with Gasteiger partial charge in [0, 0.05) is 37.9 Å². The Morgan fingerprint density at radius 1 is 1.13 bits per heavy atom. The summed E-state index contributed by atoms with van der Waals surface area (Å²) in [5.74, 6) is 1.20. The lowest BCUT2D eigenvalue weighted by molar-refractivity contribution is 0.0351. The monoisotopic (exact) mass is 498 g/mol. The highest BCUT2D eigenvalue weighted by atomic mass is 79.9. The number of alkyl halides is 3. The van der Waals surface area contributed by atoms with Gasteiger partial charge in [-0.3, -0.25) is 5.10 Å². The van der Waals surface area contributed by atoms with E-state index in [1.54, 1.807) is 12.1 Å². The molecule has 7 nitrogen and oxygen atoms in total. The highest BCUT2D eigenvalue weighted by Crippen LogP contribution is 2.31. The number of fused-ring (bicyclic) bond motifs is 1. The third kappa shape index (κ3) is 4.41. The quantitative estimate of drug-likeness (QED) is 0.534. The summed E-state index contributed by atoms with van der Waals surface area (Å²) in [5.41, 5.74) is 0.0382. The fourth-order valence-corrected chi connectivity index (χ4v) is 4.01. The van der Waals surface area contributed by atoms with Crippen molar-refractivity contribution in [2.75, 3.05) is 55.9 Å². The van der Waals surface area contributed by atoms with Gasteiger partial charge in [0.25, 0.3) is 0 Å². The SMILES string of the molecule is Cc1ccc(OCC(F)(CF)CF)cc1N1CCN(c2ncnc3[nH]nc(Br)c23)CC1. The lowest BCUT2D eigenvalue weighted by atomic mass is 10.1. The van der Waals surface area contributed by atoms with E-state index >= 15 is 0 Å². The van der Waals surface area contributed by atoms with Gasteiger partial charge in [-0.2, -0.15) is 5.10 Å². The third-order valence-corrected chi connectivity index (χ3v) is 5.94. The van der Waals surface area contributed by atoms with E-state index in [0.29, 0.717) is 16.0 Å². The normalized spacial score (nSPS) is 15.0. The predicted molar refractivity (Wildman–Crippen MR) is 116 cm³/mol. The van der Waals surface area contributed by atoms with E-state index in [1.165, 1.54) is 6.33 Å². The molecule has 0 radical (unpaired) electrons. The lowest BCUT2D eigenvalue weighted by Crippen LogP contribution is -2.47. The molecular formula is C20H22BrF3N6O. The number of aromatic amines is 1. The molecule has 1 saturated heterocycles. The third-order valence-electron chi connectivity index (χ3n) is 5.37. The summed E-state index contributed by atoms with van der Waals surface area (Å²) < 4.78 is 45.4. The molecule has 1 aromatic carbocycles. The summed E-state index contributed by atoms with van der Waals surface area (Å²) in [6.07, 6.45) is 1.51. The fourth-order valence-electron chi connectivity index (χ4n) is 3.55. The molecule has 11 heteroatoms. The van der Waals surface area contributed by atoms with Gasteiger partial charge in [-0.25, -0.2) is 23.1 Å². The lowest BCUT2D eigenvalue weighted by Gasteiger charge is -2.37. The number of aromatic nitrogens is 4. The largest absolute Gasteiger partial charge is 0.490 e. The molecule has 0 aliphatic carbocycles. The van der Waals surface area contributed by atoms with Gasteiger partial charge in [0.15, 0.2) is 5.65 Å². The molecule has 0 atom stereocenters. The van der Waals surface area contributed by atoms with Crippen molar-refractivity contribution < 1.29 is 17.9 Å². The van der Waals surface area contributed by atoms with Crippen molar-refractivity contribution in [3.8, 4) is 5.75 Å². The molecular weight excluding hydrogens is 477 g/mol. The standard InChI is InChI=1S/C20H22BrF3N6O/c1-13-2-3-14(31-11-20(24,9-22)10-23)8-15(13)29-4-6-30(7-5-29)19-16-17(21)27-28-18(16)25-12-26-19/h2-3,8,12H,4-7,9-11H2,1H3,(H,25,26,27,28). The number of rotatable bonds is 7. The van der Waals surface area contributed by atoms with Crippen LogP contribution in [0.4, 0.5) is 24.7 Å². The number of aryl methyl sites for hydroxylation is 1. The molecule has 1 fully saturated rings. The molecule has 0 saturated carbocycles. The zero-order valence-corrected chi connectivity index (χ0v) is 18.5. The average molecular weight is 499 g/mol. The Morgan fingerprint density at radius 3 is 2.55 bits per heavy atom. The zero-order chi connectivity index (χ0) is 22.0. The van der Waals surface area contributed by atoms with Crippen LogP contribution in [0.1, 0.15) is 5.56 Å². The molecule has 4 rings (SSSR count). The summed E-state index contributed by atoms with van der Waals surface area (Å²) in [7, 11) is 0. The maximum atomic E-state index is 13.9. The van der Waals surface area contributed by atoms with Crippen molar-refractivity contribution >= 4 is 38.5 Å². The molecule has 1 aliphatic heterocycles. The molecule has 2 aromatic heterocycles. The highest BCUT2D eigenvalue weighted by molar-refractivity contribution is 9.10. The van der Waals surface area contributed by atoms with Crippen LogP contribution in [0.5, 0.6) is 5.75 Å². The second-order valence-electron chi connectivity index (χ2n) is 7.56. The number of H-pyrrole nitrogens is 1. The molecule has 0 unspecified atom stereocenters. The van der Waals surface area contributed by atoms with E-state index in [-0.39, 0.29) is 0 Å². The maximum Gasteiger partial charge on any atom is 0.200 e. The van der Waals surface area contributed by atoms with Crippen LogP contribution in [0.25, 0.3) is 11.0 Å². The molecule has 0 bridgehead atoms. The van der Waals surface area contributed by atoms with Crippen LogP contribution in [0.3, 0.4) is 0 Å². The number of ether oxygens (including phenoxy) is 1. The molecule has 1 N–H and O–H groups in total. The van der Waals surface area contributed by atoms with Gasteiger partial charge in [0.2, 0.25) is 5.67 Å². The average Bonchev–Trinajstić information content (AvgIpc) is 3.19. The van der Waals surface area contributed by atoms with Gasteiger partial charge in [-0.05, 0) is 34.5 Å². The number of piperazine rings is 1. The first-order chi connectivity index (χ1) is 14.9. The highest BCUT2D eigenvalue weighted by Gasteiger charge is 2.31. The molecule has 31 heavy (non-hydrogen) atoms. The summed E-state index contributed by atoms with van der Waals surface area (Å²) >= 11 is 3.44. The zero-order valence-electron chi connectivity index (χ0n) is 16.9. The van der Waals surface area contributed by atoms with E-state index < -0.39 is 25.6 Å². The van der Waals surface area contributed by atoms with E-state index in [9.17, 15) is 13.2 Å². The van der Waals surface area contributed by atoms with Crippen LogP contribution in [0.2, 0.25) is 0 Å². The second kappa shape index (κ2) is 8.89. The first-order valence-corrected chi connectivity index (χ1v) is 10.6. The number of halogens is 4. The Bertz CT molecular complexity index is 1050. The minimum absolute atomic E-state index is 0.381. The number of benzene rings is 1. The molecule has 0 amide bonds. The first kappa shape index (κ1) is 21.7. The second-order valence-corrected chi connectivity index (χ2v) is 8.32. The molecule has 0 spiro atoms. The minimum atomic E-state index is -2.61. The van der Waals surface area contributed by atoms with Gasteiger partial charge >= 0.3 is 0 Å². The number of nitrogens with one attached hydrogen (secondary N) is 1. The van der Waals surface area contributed by atoms with E-state index in [1.807, 2.05) is 13.0 Å². The number of hydrogen-bond donors (Lipinski definition) is 1. The van der Waals surface area contributed by atoms with Gasteiger partial charge in [0.1, 0.15) is 42.5 Å². The van der Waals surface area contributed by atoms with Gasteiger partial charge in [-0.15, -0.1) is 0 Å². The van der Waals surface area contributed by atoms with E-state index in [2.05, 4.69) is 45.9 Å². The van der Waals surface area contributed by atoms with Crippen molar-refractivity contribution in [3.63, 3.8) is 0 Å². The van der Waals surface area contributed by atoms with E-state index in [4.69, 9.17) is 4.74 Å². The summed E-state index contributed by atoms with van der Waals surface area (Å²) in [5, 5.41) is 7.87. The number of hydrogen-bond acceptors (Lipinski definition) is 6. The predicted octanol–water partition coefficient (Wildman–Crippen LogP) is 3.78. The maximum absolute atomic E-state index is 13.9. The summed E-state index contributed by atoms with van der Waals surface area (Å²) in [4.78, 5) is 13.0. The molecule has 3 aromatic rings. The van der Waals surface area contributed by atoms with Crippen LogP contribution in [0.15, 0.2) is 29.1 Å². The molecule has 3 heterocycles. The van der Waals surface area contributed by atoms with Gasteiger partial charge in [-0.1, -0.05) is 6.07 Å². The molecule has 1 aliphatic rings. The smallest absolute Gasteiger partial charge is 0.200 e. The summed E-state index contributed by atoms with van der Waals surface area (Å²) in [6.45, 7) is 1.38. The Hall–Kier alpha value is -2.56. The number of anilines is 2. The molecule has 166 valence electrons. The van der Waals surface area contributed by atoms with Crippen LogP contribution in [-0.4, -0.2) is 72.0 Å². The Balaban J connectivity index is 1.46. The Morgan fingerprint density at radius 2 is 1.84 bits per heavy atom. The minimum Gasteiger partial charge on any atom is -0.490 e. The van der Waals surface area contributed by atoms with Crippen molar-refractivity contribution in [2.24, 2.45) is 0 Å². The van der Waals surface area contributed by atoms with Crippen molar-refractivity contribution in [3.05, 3.63) is 34.7 Å². The van der Waals surface area contributed by atoms with Crippen LogP contribution >= 0.6 is 15.9 Å². The Labute approximate surface area is 185 Å². The fraction of sp³-hybridized carbons (Fsp3) is 0.450. The topological polar surface area (TPSA) is 70.2 Å². The summed E-state index contributed by atoms with van der Waals surface area (Å²) in [6, 6.07) is 5.33. The van der Waals surface area contributed by atoms with Crippen molar-refractivity contribution in [2.45, 2.75) is 12.6 Å². The van der Waals surface area contributed by atoms with Crippen LogP contribution < -0.4 is 14.5 Å². The van der Waals surface area contributed by atoms with Crippen LogP contribution in [-0.2, 0) is 0 Å².